The standard InChI is InChI=1S/C28H31N3O2/c1-2-21-11-13-23(14-12-21)27(32)30-24-15-16-26(31-17-7-4-8-18-31)25(19-24)28(33)29-20-22-9-5-3-6-10-22/h3,5-6,9-16,19H,2,4,7-8,17-18,20H2,1H3,(H,29,33)(H,30,32). The predicted octanol–water partition coefficient (Wildman–Crippen LogP) is 5.42. The number of carbonyl (C=O) groups excluding carboxylic acids is 2. The minimum Gasteiger partial charge on any atom is -0.371 e. The number of benzene rings is 3. The summed E-state index contributed by atoms with van der Waals surface area (Å²) in [4.78, 5) is 28.3. The van der Waals surface area contributed by atoms with Gasteiger partial charge in [0.05, 0.1) is 5.56 Å². The van der Waals surface area contributed by atoms with Crippen molar-refractivity contribution in [2.75, 3.05) is 23.3 Å². The Morgan fingerprint density at radius 2 is 1.55 bits per heavy atom. The summed E-state index contributed by atoms with van der Waals surface area (Å²) in [6.07, 6.45) is 4.40. The molecule has 0 spiro atoms. The molecule has 0 unspecified atom stereocenters. The SMILES string of the molecule is CCc1ccc(C(=O)Nc2ccc(N3CCCCC3)c(C(=O)NCc3ccccc3)c2)cc1. The van der Waals surface area contributed by atoms with Crippen LogP contribution in [0.2, 0.25) is 0 Å². The van der Waals surface area contributed by atoms with Gasteiger partial charge in [-0.15, -0.1) is 0 Å². The number of carbonyl (C=O) groups is 2. The quantitative estimate of drug-likeness (QED) is 0.515. The number of nitrogens with one attached hydrogen (secondary N) is 2. The second-order valence-electron chi connectivity index (χ2n) is 8.45. The van der Waals surface area contributed by atoms with Gasteiger partial charge < -0.3 is 15.5 Å². The second-order valence-corrected chi connectivity index (χ2v) is 8.45. The van der Waals surface area contributed by atoms with Gasteiger partial charge in [-0.25, -0.2) is 0 Å². The van der Waals surface area contributed by atoms with Crippen molar-refractivity contribution < 1.29 is 9.59 Å². The maximum absolute atomic E-state index is 13.2. The molecule has 0 bridgehead atoms. The van der Waals surface area contributed by atoms with Gasteiger partial charge in [-0.1, -0.05) is 49.4 Å². The lowest BCUT2D eigenvalue weighted by molar-refractivity contribution is 0.0950. The number of rotatable bonds is 7. The molecule has 1 heterocycles. The first-order chi connectivity index (χ1) is 16.1. The summed E-state index contributed by atoms with van der Waals surface area (Å²) >= 11 is 0. The van der Waals surface area contributed by atoms with Crippen molar-refractivity contribution in [3.05, 3.63) is 95.1 Å². The summed E-state index contributed by atoms with van der Waals surface area (Å²) in [5, 5.41) is 6.00. The average Bonchev–Trinajstić information content (AvgIpc) is 2.88. The van der Waals surface area contributed by atoms with Crippen LogP contribution < -0.4 is 15.5 Å². The van der Waals surface area contributed by atoms with Crippen LogP contribution in [0.25, 0.3) is 0 Å². The summed E-state index contributed by atoms with van der Waals surface area (Å²) in [6.45, 7) is 4.42. The van der Waals surface area contributed by atoms with Crippen LogP contribution in [0.1, 0.15) is 58.0 Å². The first-order valence-electron chi connectivity index (χ1n) is 11.8. The van der Waals surface area contributed by atoms with Crippen LogP contribution in [0.15, 0.2) is 72.8 Å². The fourth-order valence-electron chi connectivity index (χ4n) is 4.17. The van der Waals surface area contributed by atoms with E-state index < -0.39 is 0 Å². The molecule has 0 saturated carbocycles. The molecular formula is C28H31N3O2. The molecule has 4 rings (SSSR count). The van der Waals surface area contributed by atoms with Crippen molar-refractivity contribution in [2.45, 2.75) is 39.2 Å². The number of hydrogen-bond acceptors (Lipinski definition) is 3. The minimum absolute atomic E-state index is 0.136. The number of amides is 2. The van der Waals surface area contributed by atoms with Crippen LogP contribution in [0.4, 0.5) is 11.4 Å². The molecule has 0 radical (unpaired) electrons. The van der Waals surface area contributed by atoms with Crippen molar-refractivity contribution in [2.24, 2.45) is 0 Å². The number of piperidine rings is 1. The summed E-state index contributed by atoms with van der Waals surface area (Å²) in [6, 6.07) is 23.1. The summed E-state index contributed by atoms with van der Waals surface area (Å²) in [5.74, 6) is -0.318. The third-order valence-corrected chi connectivity index (χ3v) is 6.12. The third kappa shape index (κ3) is 5.80. The molecule has 5 heteroatoms. The summed E-state index contributed by atoms with van der Waals surface area (Å²) < 4.78 is 0. The van der Waals surface area contributed by atoms with Gasteiger partial charge in [-0.3, -0.25) is 9.59 Å². The van der Waals surface area contributed by atoms with Crippen molar-refractivity contribution in [3.63, 3.8) is 0 Å². The van der Waals surface area contributed by atoms with Gasteiger partial charge in [0.15, 0.2) is 0 Å². The van der Waals surface area contributed by atoms with E-state index in [0.717, 1.165) is 43.6 Å². The number of nitrogens with zero attached hydrogens (tertiary/aromatic N) is 1. The highest BCUT2D eigenvalue weighted by atomic mass is 16.2. The molecule has 3 aromatic carbocycles. The lowest BCUT2D eigenvalue weighted by atomic mass is 10.0. The van der Waals surface area contributed by atoms with Gasteiger partial charge in [0.25, 0.3) is 11.8 Å². The van der Waals surface area contributed by atoms with E-state index in [1.165, 1.54) is 12.0 Å². The highest BCUT2D eigenvalue weighted by Gasteiger charge is 2.20. The topological polar surface area (TPSA) is 61.4 Å². The van der Waals surface area contributed by atoms with Gasteiger partial charge >= 0.3 is 0 Å². The van der Waals surface area contributed by atoms with Crippen LogP contribution in [-0.2, 0) is 13.0 Å². The molecule has 1 aliphatic rings. The van der Waals surface area contributed by atoms with Gasteiger partial charge in [0.1, 0.15) is 0 Å². The van der Waals surface area contributed by atoms with Gasteiger partial charge in [-0.2, -0.15) is 0 Å². The average molecular weight is 442 g/mol. The zero-order valence-corrected chi connectivity index (χ0v) is 19.1. The smallest absolute Gasteiger partial charge is 0.255 e. The molecule has 0 aliphatic carbocycles. The number of aryl methyl sites for hydroxylation is 1. The van der Waals surface area contributed by atoms with Crippen LogP contribution in [0.3, 0.4) is 0 Å². The van der Waals surface area contributed by atoms with Crippen LogP contribution in [0.5, 0.6) is 0 Å². The molecule has 2 N–H and O–H groups in total. The van der Waals surface area contributed by atoms with Crippen LogP contribution >= 0.6 is 0 Å². The molecular weight excluding hydrogens is 410 g/mol. The van der Waals surface area contributed by atoms with Gasteiger partial charge in [0.2, 0.25) is 0 Å². The molecule has 0 atom stereocenters. The molecule has 5 nitrogen and oxygen atoms in total. The first-order valence-corrected chi connectivity index (χ1v) is 11.8. The zero-order valence-electron chi connectivity index (χ0n) is 19.1. The summed E-state index contributed by atoms with van der Waals surface area (Å²) in [5.41, 5.74) is 4.96. The van der Waals surface area contributed by atoms with Crippen LogP contribution in [0, 0.1) is 0 Å². The first kappa shape index (κ1) is 22.6. The maximum Gasteiger partial charge on any atom is 0.255 e. The van der Waals surface area contributed by atoms with Gasteiger partial charge in [-0.05, 0) is 67.1 Å². The normalized spacial score (nSPS) is 13.4. The van der Waals surface area contributed by atoms with Crippen molar-refractivity contribution in [1.29, 1.82) is 0 Å². The highest BCUT2D eigenvalue weighted by molar-refractivity contribution is 6.06. The molecule has 1 saturated heterocycles. The Hall–Kier alpha value is -3.60. The van der Waals surface area contributed by atoms with Gasteiger partial charge in [0, 0.05) is 36.6 Å². The predicted molar refractivity (Wildman–Crippen MR) is 134 cm³/mol. The number of anilines is 2. The lowest BCUT2D eigenvalue weighted by Gasteiger charge is -2.30. The Kier molecular flexibility index (Phi) is 7.40. The Balaban J connectivity index is 1.55. The van der Waals surface area contributed by atoms with E-state index in [2.05, 4.69) is 22.5 Å². The molecule has 1 aliphatic heterocycles. The lowest BCUT2D eigenvalue weighted by Crippen LogP contribution is -2.32. The van der Waals surface area contributed by atoms with E-state index in [1.54, 1.807) is 6.07 Å². The van der Waals surface area contributed by atoms with E-state index in [0.29, 0.717) is 23.4 Å². The highest BCUT2D eigenvalue weighted by Crippen LogP contribution is 2.27. The minimum atomic E-state index is -0.181. The van der Waals surface area contributed by atoms with E-state index in [-0.39, 0.29) is 11.8 Å². The van der Waals surface area contributed by atoms with E-state index in [9.17, 15) is 9.59 Å². The van der Waals surface area contributed by atoms with Crippen molar-refractivity contribution in [1.82, 2.24) is 5.32 Å². The van der Waals surface area contributed by atoms with Crippen LogP contribution in [-0.4, -0.2) is 24.9 Å². The third-order valence-electron chi connectivity index (χ3n) is 6.12. The van der Waals surface area contributed by atoms with E-state index >= 15 is 0 Å². The molecule has 33 heavy (non-hydrogen) atoms. The fraction of sp³-hybridized carbons (Fsp3) is 0.286. The monoisotopic (exact) mass is 441 g/mol. The molecule has 0 aromatic heterocycles. The van der Waals surface area contributed by atoms with E-state index in [1.807, 2.05) is 66.7 Å². The Morgan fingerprint density at radius 3 is 2.24 bits per heavy atom. The number of hydrogen-bond donors (Lipinski definition) is 2. The molecule has 2 amide bonds. The van der Waals surface area contributed by atoms with Crippen molar-refractivity contribution >= 4 is 23.2 Å². The maximum atomic E-state index is 13.2. The largest absolute Gasteiger partial charge is 0.371 e. The molecule has 1 fully saturated rings. The molecule has 170 valence electrons. The Labute approximate surface area is 195 Å². The summed E-state index contributed by atoms with van der Waals surface area (Å²) in [7, 11) is 0. The van der Waals surface area contributed by atoms with Crippen molar-refractivity contribution in [3.8, 4) is 0 Å². The zero-order chi connectivity index (χ0) is 23.0. The van der Waals surface area contributed by atoms with E-state index in [4.69, 9.17) is 0 Å². The Bertz CT molecular complexity index is 1090. The Morgan fingerprint density at radius 1 is 0.818 bits per heavy atom. The molecule has 3 aromatic rings. The fourth-order valence-corrected chi connectivity index (χ4v) is 4.17. The second kappa shape index (κ2) is 10.8.